The third-order valence-electron chi connectivity index (χ3n) is 11.7. The molecule has 0 amide bonds. The number of carbonyl (C=O) groups excluding carboxylic acids is 8. The van der Waals surface area contributed by atoms with E-state index in [2.05, 4.69) is 0 Å². The zero-order valence-corrected chi connectivity index (χ0v) is 45.3. The van der Waals surface area contributed by atoms with Crippen molar-refractivity contribution in [2.24, 2.45) is 0 Å². The molecule has 0 saturated heterocycles. The van der Waals surface area contributed by atoms with Crippen molar-refractivity contribution in [3.05, 3.63) is 0 Å². The quantitative estimate of drug-likeness (QED) is 0.0381. The second-order valence-electron chi connectivity index (χ2n) is 17.0. The summed E-state index contributed by atoms with van der Waals surface area (Å²) in [6.45, 7) is 6.08. The van der Waals surface area contributed by atoms with Gasteiger partial charge in [0.15, 0.2) is 0 Å². The highest BCUT2D eigenvalue weighted by atomic mass is 16.6. The lowest BCUT2D eigenvalue weighted by atomic mass is 10.2. The SMILES string of the molecule is COC(=O)CCN(CCC(=O)OC)CCN(CCN(CCC(=O)OC)CCC(=O)OC)CC(O)COCCOCC(O)CN(CCN(CCC(=O)OC)CCC(=O)OC)CCN(CCC(=O)OC)CCC(=O)OC. The fourth-order valence-electron chi connectivity index (χ4n) is 7.13. The highest BCUT2D eigenvalue weighted by Gasteiger charge is 2.21. The number of aliphatic hydroxyl groups is 2. The number of methoxy groups -OCH3 is 8. The zero-order chi connectivity index (χ0) is 55.5. The van der Waals surface area contributed by atoms with Gasteiger partial charge in [-0.05, 0) is 0 Å². The maximum atomic E-state index is 12.0. The second kappa shape index (κ2) is 44.6. The topological polar surface area (TPSA) is 289 Å². The highest BCUT2D eigenvalue weighted by molar-refractivity contribution is 5.72. The van der Waals surface area contributed by atoms with Crippen molar-refractivity contribution in [3.63, 3.8) is 0 Å². The number of nitrogens with zero attached hydrogens (tertiary/aromatic N) is 6. The molecule has 0 rings (SSSR count). The molecule has 0 bridgehead atoms. The Morgan fingerprint density at radius 3 is 0.608 bits per heavy atom. The number of aliphatic hydroxyl groups excluding tert-OH is 2. The fourth-order valence-corrected chi connectivity index (χ4v) is 7.13. The predicted molar refractivity (Wildman–Crippen MR) is 265 cm³/mol. The van der Waals surface area contributed by atoms with Crippen LogP contribution in [-0.4, -0.2) is 301 Å². The van der Waals surface area contributed by atoms with Gasteiger partial charge in [-0.2, -0.15) is 0 Å². The van der Waals surface area contributed by atoms with Crippen molar-refractivity contribution >= 4 is 47.8 Å². The van der Waals surface area contributed by atoms with Gasteiger partial charge in [0.1, 0.15) is 0 Å². The Hall–Kier alpha value is -4.64. The van der Waals surface area contributed by atoms with Crippen molar-refractivity contribution in [2.45, 2.75) is 63.6 Å². The molecular weight excluding hydrogens is 981 g/mol. The van der Waals surface area contributed by atoms with E-state index in [-0.39, 0.29) is 90.9 Å². The van der Waals surface area contributed by atoms with Gasteiger partial charge in [-0.25, -0.2) is 0 Å². The third kappa shape index (κ3) is 38.0. The molecule has 430 valence electrons. The van der Waals surface area contributed by atoms with Crippen LogP contribution in [0.4, 0.5) is 0 Å². The van der Waals surface area contributed by atoms with Crippen molar-refractivity contribution in [1.29, 1.82) is 0 Å². The fraction of sp³-hybridized carbons (Fsp3) is 0.833. The zero-order valence-electron chi connectivity index (χ0n) is 45.3. The number of ether oxygens (including phenoxy) is 10. The minimum absolute atomic E-state index is 0.0656. The van der Waals surface area contributed by atoms with E-state index in [1.54, 1.807) is 0 Å². The summed E-state index contributed by atoms with van der Waals surface area (Å²) in [7, 11) is 10.4. The monoisotopic (exact) mass is 1070 g/mol. The van der Waals surface area contributed by atoms with Gasteiger partial charge >= 0.3 is 47.8 Å². The van der Waals surface area contributed by atoms with Crippen molar-refractivity contribution in [1.82, 2.24) is 29.4 Å². The van der Waals surface area contributed by atoms with E-state index in [4.69, 9.17) is 47.4 Å². The molecule has 2 N–H and O–H groups in total. The Morgan fingerprint density at radius 1 is 0.284 bits per heavy atom. The van der Waals surface area contributed by atoms with Gasteiger partial charge in [0.25, 0.3) is 0 Å². The normalized spacial score (nSPS) is 12.3. The molecule has 0 aliphatic rings. The first-order valence-corrected chi connectivity index (χ1v) is 24.9. The first kappa shape index (κ1) is 69.4. The molecule has 0 fully saturated rings. The predicted octanol–water partition coefficient (Wildman–Crippen LogP) is -1.94. The molecule has 0 spiro atoms. The van der Waals surface area contributed by atoms with Gasteiger partial charge in [0.05, 0.1) is 147 Å². The molecule has 0 aromatic heterocycles. The summed E-state index contributed by atoms with van der Waals surface area (Å²) in [4.78, 5) is 108. The van der Waals surface area contributed by atoms with Crippen LogP contribution in [0.5, 0.6) is 0 Å². The van der Waals surface area contributed by atoms with Crippen LogP contribution in [0.3, 0.4) is 0 Å². The maximum Gasteiger partial charge on any atom is 0.306 e. The van der Waals surface area contributed by atoms with E-state index >= 15 is 0 Å². The van der Waals surface area contributed by atoms with Gasteiger partial charge in [0, 0.05) is 118 Å². The van der Waals surface area contributed by atoms with Crippen molar-refractivity contribution in [2.75, 3.05) is 201 Å². The lowest BCUT2D eigenvalue weighted by Crippen LogP contribution is -2.45. The smallest absolute Gasteiger partial charge is 0.306 e. The van der Waals surface area contributed by atoms with Crippen LogP contribution in [0.15, 0.2) is 0 Å². The molecule has 0 saturated carbocycles. The Morgan fingerprint density at radius 2 is 0.446 bits per heavy atom. The second-order valence-corrected chi connectivity index (χ2v) is 17.0. The van der Waals surface area contributed by atoms with Gasteiger partial charge in [-0.15, -0.1) is 0 Å². The van der Waals surface area contributed by atoms with E-state index in [9.17, 15) is 48.6 Å². The lowest BCUT2D eigenvalue weighted by molar-refractivity contribution is -0.143. The minimum atomic E-state index is -0.967. The molecule has 0 aromatic rings. The summed E-state index contributed by atoms with van der Waals surface area (Å²) in [5.41, 5.74) is 0. The first-order valence-electron chi connectivity index (χ1n) is 24.9. The van der Waals surface area contributed by atoms with Gasteiger partial charge in [0.2, 0.25) is 0 Å². The number of hydrogen-bond acceptors (Lipinski definition) is 26. The van der Waals surface area contributed by atoms with Gasteiger partial charge < -0.3 is 77.2 Å². The Bertz CT molecular complexity index is 1290. The molecule has 0 radical (unpaired) electrons. The summed E-state index contributed by atoms with van der Waals surface area (Å²) >= 11 is 0. The molecule has 0 heterocycles. The molecule has 26 heteroatoms. The van der Waals surface area contributed by atoms with E-state index in [0.717, 1.165) is 0 Å². The van der Waals surface area contributed by atoms with Gasteiger partial charge in [-0.3, -0.25) is 48.2 Å². The number of rotatable bonds is 47. The average Bonchev–Trinajstić information content (AvgIpc) is 3.41. The van der Waals surface area contributed by atoms with E-state index in [0.29, 0.717) is 105 Å². The molecule has 74 heavy (non-hydrogen) atoms. The van der Waals surface area contributed by atoms with Crippen LogP contribution in [0, 0.1) is 0 Å². The molecule has 0 aliphatic carbocycles. The largest absolute Gasteiger partial charge is 0.469 e. The summed E-state index contributed by atoms with van der Waals surface area (Å²) in [6, 6.07) is 0. The number of esters is 8. The maximum absolute atomic E-state index is 12.0. The molecule has 0 aromatic carbocycles. The summed E-state index contributed by atoms with van der Waals surface area (Å²) < 4.78 is 50.1. The molecular formula is C48H88N6O20. The van der Waals surface area contributed by atoms with Crippen LogP contribution in [0.2, 0.25) is 0 Å². The molecule has 0 aliphatic heterocycles. The third-order valence-corrected chi connectivity index (χ3v) is 11.7. The standard InChI is InChI=1S/C48H88N6O20/c1-65-41(57)9-17-49(18-10-42(58)66-2)25-29-53(30-26-50(19-11-43(59)67-3)20-12-44(60)68-4)35-39(55)37-73-33-34-74-38-40(56)36-54(31-27-51(21-13-45(61)69-5)22-14-46(62)70-6)32-28-52(23-15-47(63)71-7)24-16-48(64)72-8/h39-40,55-56H,9-38H2,1-8H3. The highest BCUT2D eigenvalue weighted by Crippen LogP contribution is 2.07. The van der Waals surface area contributed by atoms with Crippen LogP contribution in [0.1, 0.15) is 51.4 Å². The van der Waals surface area contributed by atoms with Crippen LogP contribution < -0.4 is 0 Å². The first-order chi connectivity index (χ1) is 35.4. The van der Waals surface area contributed by atoms with Gasteiger partial charge in [-0.1, -0.05) is 0 Å². The molecule has 26 nitrogen and oxygen atoms in total. The summed E-state index contributed by atoms with van der Waals surface area (Å²) in [5, 5.41) is 22.4. The Labute approximate surface area is 436 Å². The number of hydrogen-bond donors (Lipinski definition) is 2. The van der Waals surface area contributed by atoms with E-state index < -0.39 is 60.0 Å². The average molecular weight is 1070 g/mol. The van der Waals surface area contributed by atoms with Crippen molar-refractivity contribution < 1.29 is 95.9 Å². The minimum Gasteiger partial charge on any atom is -0.469 e. The van der Waals surface area contributed by atoms with Crippen LogP contribution in [-0.2, 0) is 85.7 Å². The van der Waals surface area contributed by atoms with Crippen molar-refractivity contribution in [3.8, 4) is 0 Å². The number of carbonyl (C=O) groups is 8. The summed E-state index contributed by atoms with van der Waals surface area (Å²) in [6.07, 6.45) is -1.18. The Kier molecular flexibility index (Phi) is 41.8. The lowest BCUT2D eigenvalue weighted by Gasteiger charge is -2.31. The molecule has 2 unspecified atom stereocenters. The van der Waals surface area contributed by atoms with E-state index in [1.165, 1.54) is 56.9 Å². The molecule has 2 atom stereocenters. The summed E-state index contributed by atoms with van der Waals surface area (Å²) in [5.74, 6) is -3.27. The van der Waals surface area contributed by atoms with Crippen LogP contribution >= 0.6 is 0 Å². The van der Waals surface area contributed by atoms with Crippen LogP contribution in [0.25, 0.3) is 0 Å². The van der Waals surface area contributed by atoms with E-state index in [1.807, 2.05) is 29.4 Å². The Balaban J connectivity index is 5.87.